The fourth-order valence-electron chi connectivity index (χ4n) is 4.58. The van der Waals surface area contributed by atoms with Crippen LogP contribution in [0.3, 0.4) is 0 Å². The molecule has 1 atom stereocenters. The molecule has 4 heterocycles. The number of benzene rings is 1. The van der Waals surface area contributed by atoms with E-state index >= 15 is 0 Å². The minimum absolute atomic E-state index is 0.295. The van der Waals surface area contributed by atoms with Crippen LogP contribution in [0.1, 0.15) is 13.8 Å². The van der Waals surface area contributed by atoms with E-state index < -0.39 is 0 Å². The molecule has 1 aliphatic rings. The lowest BCUT2D eigenvalue weighted by Gasteiger charge is -2.41. The first-order chi connectivity index (χ1) is 16.2. The SMILES string of the molecule is CC(C)Nc1cccnc1N1CCN(c2[nH]c3ccccc3c2-c2ccccn2)C(C=O)C1. The molecule has 1 saturated heterocycles. The highest BCUT2D eigenvalue weighted by atomic mass is 16.1. The average Bonchev–Trinajstić information content (AvgIpc) is 3.23. The molecule has 1 aliphatic heterocycles. The second-order valence-electron chi connectivity index (χ2n) is 8.63. The Labute approximate surface area is 193 Å². The molecule has 7 heteroatoms. The molecular weight excluding hydrogens is 412 g/mol. The number of nitrogens with one attached hydrogen (secondary N) is 2. The van der Waals surface area contributed by atoms with Gasteiger partial charge >= 0.3 is 0 Å². The quantitative estimate of drug-likeness (QED) is 0.435. The van der Waals surface area contributed by atoms with Gasteiger partial charge in [0.2, 0.25) is 0 Å². The topological polar surface area (TPSA) is 77.2 Å². The molecule has 0 aliphatic carbocycles. The van der Waals surface area contributed by atoms with E-state index in [9.17, 15) is 4.79 Å². The van der Waals surface area contributed by atoms with Crippen LogP contribution in [0.15, 0.2) is 67.0 Å². The number of hydrogen-bond acceptors (Lipinski definition) is 6. The summed E-state index contributed by atoms with van der Waals surface area (Å²) in [5.74, 6) is 1.83. The molecule has 0 amide bonds. The number of aldehydes is 1. The minimum Gasteiger partial charge on any atom is -0.380 e. The van der Waals surface area contributed by atoms with Gasteiger partial charge < -0.3 is 24.9 Å². The van der Waals surface area contributed by atoms with Gasteiger partial charge in [-0.25, -0.2) is 4.98 Å². The molecule has 33 heavy (non-hydrogen) atoms. The van der Waals surface area contributed by atoms with Crippen LogP contribution in [0.25, 0.3) is 22.2 Å². The maximum Gasteiger partial charge on any atom is 0.152 e. The zero-order valence-electron chi connectivity index (χ0n) is 18.9. The van der Waals surface area contributed by atoms with Crippen molar-refractivity contribution in [2.75, 3.05) is 34.8 Å². The summed E-state index contributed by atoms with van der Waals surface area (Å²) >= 11 is 0. The summed E-state index contributed by atoms with van der Waals surface area (Å²) in [6.45, 7) is 6.22. The van der Waals surface area contributed by atoms with Crippen molar-refractivity contribution in [3.8, 4) is 11.3 Å². The van der Waals surface area contributed by atoms with Crippen LogP contribution in [0.4, 0.5) is 17.3 Å². The third kappa shape index (κ3) is 4.02. The van der Waals surface area contributed by atoms with Crippen LogP contribution in [0.2, 0.25) is 0 Å². The van der Waals surface area contributed by atoms with Crippen molar-refractivity contribution < 1.29 is 4.79 Å². The predicted octanol–water partition coefficient (Wildman–Crippen LogP) is 4.34. The van der Waals surface area contributed by atoms with E-state index in [4.69, 9.17) is 0 Å². The number of aromatic amines is 1. The van der Waals surface area contributed by atoms with E-state index in [1.807, 2.05) is 42.5 Å². The third-order valence-electron chi connectivity index (χ3n) is 6.00. The number of aromatic nitrogens is 3. The van der Waals surface area contributed by atoms with Gasteiger partial charge in [-0.2, -0.15) is 0 Å². The maximum absolute atomic E-state index is 12.3. The first kappa shape index (κ1) is 21.0. The molecule has 0 saturated carbocycles. The van der Waals surface area contributed by atoms with E-state index in [0.717, 1.165) is 52.3 Å². The van der Waals surface area contributed by atoms with Crippen LogP contribution in [-0.4, -0.2) is 53.0 Å². The van der Waals surface area contributed by atoms with Crippen molar-refractivity contribution in [1.29, 1.82) is 0 Å². The predicted molar refractivity (Wildman–Crippen MR) is 134 cm³/mol. The number of anilines is 3. The summed E-state index contributed by atoms with van der Waals surface area (Å²) in [5, 5.41) is 4.58. The standard InChI is InChI=1S/C26H28N6O/c1-18(2)29-23-11-7-13-28-25(23)31-14-15-32(19(16-31)17-33)26-24(22-10-5-6-12-27-22)20-8-3-4-9-21(20)30-26/h3-13,17-19,29-30H,14-16H2,1-2H3. The normalized spacial score (nSPS) is 16.4. The molecular formula is C26H28N6O. The Bertz CT molecular complexity index is 1250. The molecule has 0 spiro atoms. The van der Waals surface area contributed by atoms with Gasteiger partial charge in [0, 0.05) is 49.0 Å². The summed E-state index contributed by atoms with van der Waals surface area (Å²) < 4.78 is 0. The molecule has 0 bridgehead atoms. The van der Waals surface area contributed by atoms with E-state index in [0.29, 0.717) is 19.1 Å². The number of piperazine rings is 1. The highest BCUT2D eigenvalue weighted by Crippen LogP contribution is 2.38. The van der Waals surface area contributed by atoms with Gasteiger partial charge in [0.25, 0.3) is 0 Å². The van der Waals surface area contributed by atoms with Crippen molar-refractivity contribution in [1.82, 2.24) is 15.0 Å². The number of fused-ring (bicyclic) bond motifs is 1. The van der Waals surface area contributed by atoms with E-state index in [1.165, 1.54) is 0 Å². The molecule has 4 aromatic rings. The number of H-pyrrole nitrogens is 1. The number of rotatable bonds is 6. The lowest BCUT2D eigenvalue weighted by Crippen LogP contribution is -2.55. The Morgan fingerprint density at radius 1 is 1.03 bits per heavy atom. The third-order valence-corrected chi connectivity index (χ3v) is 6.00. The Balaban J connectivity index is 1.51. The van der Waals surface area contributed by atoms with Crippen LogP contribution in [0.5, 0.6) is 0 Å². The largest absolute Gasteiger partial charge is 0.380 e. The van der Waals surface area contributed by atoms with E-state index in [1.54, 1.807) is 12.4 Å². The second kappa shape index (κ2) is 8.94. The second-order valence-corrected chi connectivity index (χ2v) is 8.63. The molecule has 1 unspecified atom stereocenters. The van der Waals surface area contributed by atoms with Crippen molar-refractivity contribution in [3.63, 3.8) is 0 Å². The van der Waals surface area contributed by atoms with Gasteiger partial charge in [-0.3, -0.25) is 4.98 Å². The summed E-state index contributed by atoms with van der Waals surface area (Å²) in [6, 6.07) is 18.1. The lowest BCUT2D eigenvalue weighted by molar-refractivity contribution is -0.108. The number of para-hydroxylation sites is 1. The molecule has 168 valence electrons. The fourth-order valence-corrected chi connectivity index (χ4v) is 4.58. The number of hydrogen-bond donors (Lipinski definition) is 2. The minimum atomic E-state index is -0.316. The Hall–Kier alpha value is -3.87. The molecule has 1 aromatic carbocycles. The monoisotopic (exact) mass is 440 g/mol. The number of carbonyl (C=O) groups is 1. The van der Waals surface area contributed by atoms with E-state index in [2.05, 4.69) is 56.0 Å². The Morgan fingerprint density at radius 3 is 2.64 bits per heavy atom. The van der Waals surface area contributed by atoms with Gasteiger partial charge in [0.1, 0.15) is 18.1 Å². The highest BCUT2D eigenvalue weighted by Gasteiger charge is 2.32. The Kier molecular flexibility index (Phi) is 5.69. The van der Waals surface area contributed by atoms with Gasteiger partial charge in [-0.05, 0) is 44.2 Å². The molecule has 3 aromatic heterocycles. The van der Waals surface area contributed by atoms with Crippen molar-refractivity contribution >= 4 is 34.5 Å². The summed E-state index contributed by atoms with van der Waals surface area (Å²) in [4.78, 5) is 29.5. The van der Waals surface area contributed by atoms with Crippen molar-refractivity contribution in [2.45, 2.75) is 25.9 Å². The van der Waals surface area contributed by atoms with Gasteiger partial charge in [-0.15, -0.1) is 0 Å². The van der Waals surface area contributed by atoms with Gasteiger partial charge in [0.05, 0.1) is 16.9 Å². The molecule has 2 N–H and O–H groups in total. The number of nitrogens with zero attached hydrogens (tertiary/aromatic N) is 4. The van der Waals surface area contributed by atoms with Crippen LogP contribution < -0.4 is 15.1 Å². The first-order valence-corrected chi connectivity index (χ1v) is 11.4. The Morgan fingerprint density at radius 2 is 1.85 bits per heavy atom. The van der Waals surface area contributed by atoms with Crippen LogP contribution in [-0.2, 0) is 4.79 Å². The zero-order valence-corrected chi connectivity index (χ0v) is 18.9. The smallest absolute Gasteiger partial charge is 0.152 e. The summed E-state index contributed by atoms with van der Waals surface area (Å²) in [7, 11) is 0. The fraction of sp³-hybridized carbons (Fsp3) is 0.269. The van der Waals surface area contributed by atoms with Crippen LogP contribution >= 0.6 is 0 Å². The van der Waals surface area contributed by atoms with Crippen molar-refractivity contribution in [2.24, 2.45) is 0 Å². The molecule has 1 fully saturated rings. The summed E-state index contributed by atoms with van der Waals surface area (Å²) in [5.41, 5.74) is 3.95. The van der Waals surface area contributed by atoms with Gasteiger partial charge in [0.15, 0.2) is 5.82 Å². The molecule has 7 nitrogen and oxygen atoms in total. The van der Waals surface area contributed by atoms with Crippen LogP contribution in [0, 0.1) is 0 Å². The number of carbonyl (C=O) groups excluding carboxylic acids is 1. The average molecular weight is 441 g/mol. The van der Waals surface area contributed by atoms with E-state index in [-0.39, 0.29) is 6.04 Å². The summed E-state index contributed by atoms with van der Waals surface area (Å²) in [6.07, 6.45) is 4.65. The zero-order chi connectivity index (χ0) is 22.8. The molecule has 5 rings (SSSR count). The van der Waals surface area contributed by atoms with Gasteiger partial charge in [-0.1, -0.05) is 24.3 Å². The highest BCUT2D eigenvalue weighted by molar-refractivity contribution is 6.02. The lowest BCUT2D eigenvalue weighted by atomic mass is 10.1. The van der Waals surface area contributed by atoms with Crippen molar-refractivity contribution in [3.05, 3.63) is 67.0 Å². The first-order valence-electron chi connectivity index (χ1n) is 11.4. The molecule has 0 radical (unpaired) electrons. The maximum atomic E-state index is 12.3. The number of pyridine rings is 2.